The molecule has 0 fully saturated rings. The van der Waals surface area contributed by atoms with E-state index in [2.05, 4.69) is 28.2 Å². The maximum Gasteiger partial charge on any atom is 0.226 e. The number of hydrogen-bond acceptors (Lipinski definition) is 3. The Morgan fingerprint density at radius 3 is 2.54 bits per heavy atom. The number of H-pyrrole nitrogens is 1. The van der Waals surface area contributed by atoms with E-state index in [-0.39, 0.29) is 5.92 Å². The molecule has 116 valence electrons. The van der Waals surface area contributed by atoms with E-state index in [1.807, 2.05) is 48.7 Å². The van der Waals surface area contributed by atoms with E-state index >= 15 is 0 Å². The molecule has 2 aromatic heterocycles. The number of nitrogen functional groups attached to an aromatic ring is 1. The van der Waals surface area contributed by atoms with E-state index in [0.717, 1.165) is 33.3 Å². The first-order valence-electron chi connectivity index (χ1n) is 7.91. The van der Waals surface area contributed by atoms with Crippen molar-refractivity contribution in [3.63, 3.8) is 0 Å². The molecular formula is C20H15N3O. The highest BCUT2D eigenvalue weighted by atomic mass is 16.5. The number of hydrogen-bond donors (Lipinski definition) is 2. The van der Waals surface area contributed by atoms with Crippen molar-refractivity contribution in [3.05, 3.63) is 83.7 Å². The number of pyridine rings is 1. The molecule has 0 radical (unpaired) electrons. The molecule has 1 atom stereocenters. The Balaban J connectivity index is 1.90. The predicted octanol–water partition coefficient (Wildman–Crippen LogP) is 4.43. The highest BCUT2D eigenvalue weighted by Gasteiger charge is 2.32. The number of ether oxygens (including phenoxy) is 1. The second kappa shape index (κ2) is 4.86. The third-order valence-electron chi connectivity index (χ3n) is 4.60. The molecule has 0 saturated heterocycles. The van der Waals surface area contributed by atoms with E-state index < -0.39 is 0 Å². The maximum absolute atomic E-state index is 6.17. The monoisotopic (exact) mass is 313 g/mol. The summed E-state index contributed by atoms with van der Waals surface area (Å²) in [5, 5.41) is 2.03. The molecule has 4 aromatic rings. The van der Waals surface area contributed by atoms with Crippen LogP contribution in [0.2, 0.25) is 0 Å². The summed E-state index contributed by atoms with van der Waals surface area (Å²) in [6.07, 6.45) is 1.94. The maximum atomic E-state index is 6.17. The zero-order valence-corrected chi connectivity index (χ0v) is 12.9. The third kappa shape index (κ3) is 1.77. The fraction of sp³-hybridized carbons (Fsp3) is 0.0500. The Labute approximate surface area is 138 Å². The fourth-order valence-electron chi connectivity index (χ4n) is 3.56. The average Bonchev–Trinajstić information content (AvgIpc) is 3.14. The molecule has 5 rings (SSSR count). The molecule has 3 N–H and O–H groups in total. The largest absolute Gasteiger partial charge is 0.438 e. The molecule has 0 aliphatic carbocycles. The van der Waals surface area contributed by atoms with Crippen LogP contribution in [0.15, 0.2) is 66.9 Å². The number of rotatable bonds is 1. The number of aromatic amines is 1. The minimum atomic E-state index is 0.0398. The molecule has 0 saturated carbocycles. The summed E-state index contributed by atoms with van der Waals surface area (Å²) in [6.45, 7) is 0. The van der Waals surface area contributed by atoms with Gasteiger partial charge in [-0.05, 0) is 23.6 Å². The first kappa shape index (κ1) is 13.2. The molecule has 24 heavy (non-hydrogen) atoms. The van der Waals surface area contributed by atoms with Crippen LogP contribution < -0.4 is 10.5 Å². The van der Waals surface area contributed by atoms with Crippen LogP contribution in [0, 0.1) is 0 Å². The Morgan fingerprint density at radius 1 is 0.917 bits per heavy atom. The molecule has 1 aliphatic heterocycles. The number of nitrogens with two attached hydrogens (primary N) is 1. The van der Waals surface area contributed by atoms with E-state index in [4.69, 9.17) is 10.5 Å². The van der Waals surface area contributed by atoms with Crippen LogP contribution in [0.1, 0.15) is 22.7 Å². The lowest BCUT2D eigenvalue weighted by Crippen LogP contribution is -2.14. The SMILES string of the molecule is Nc1nc2c(c3ccccc13)C(c1ccc[nH]1)c1ccccc1O2. The number of anilines is 1. The molecule has 3 heterocycles. The van der Waals surface area contributed by atoms with Crippen molar-refractivity contribution in [1.82, 2.24) is 9.97 Å². The van der Waals surface area contributed by atoms with Crippen molar-refractivity contribution in [2.45, 2.75) is 5.92 Å². The number of benzene rings is 2. The van der Waals surface area contributed by atoms with Gasteiger partial charge in [-0.1, -0.05) is 42.5 Å². The standard InChI is InChI=1S/C20H15N3O/c21-19-13-7-2-1-6-12(13)18-17(15-9-5-11-22-15)14-8-3-4-10-16(14)24-20(18)23-19/h1-11,17,22H,(H2,21,23). The molecule has 2 aromatic carbocycles. The van der Waals surface area contributed by atoms with Crippen molar-refractivity contribution in [1.29, 1.82) is 0 Å². The minimum absolute atomic E-state index is 0.0398. The molecule has 4 heteroatoms. The van der Waals surface area contributed by atoms with Gasteiger partial charge in [0.2, 0.25) is 5.88 Å². The van der Waals surface area contributed by atoms with Gasteiger partial charge in [0.05, 0.1) is 5.92 Å². The number of nitrogens with zero attached hydrogens (tertiary/aromatic N) is 1. The Kier molecular flexibility index (Phi) is 2.67. The summed E-state index contributed by atoms with van der Waals surface area (Å²) in [5.41, 5.74) is 9.47. The Hall–Kier alpha value is -3.27. The quantitative estimate of drug-likeness (QED) is 0.481. The first-order chi connectivity index (χ1) is 11.8. The summed E-state index contributed by atoms with van der Waals surface area (Å²) < 4.78 is 6.09. The number of fused-ring (bicyclic) bond motifs is 4. The molecule has 0 spiro atoms. The lowest BCUT2D eigenvalue weighted by Gasteiger charge is -2.28. The van der Waals surface area contributed by atoms with Crippen LogP contribution in [0.5, 0.6) is 11.6 Å². The van der Waals surface area contributed by atoms with Gasteiger partial charge in [0, 0.05) is 28.4 Å². The summed E-state index contributed by atoms with van der Waals surface area (Å²) in [5.74, 6) is 1.95. The minimum Gasteiger partial charge on any atom is -0.438 e. The van der Waals surface area contributed by atoms with Gasteiger partial charge in [-0.3, -0.25) is 0 Å². The zero-order chi connectivity index (χ0) is 16.1. The van der Waals surface area contributed by atoms with E-state index in [1.165, 1.54) is 0 Å². The molecule has 4 nitrogen and oxygen atoms in total. The Morgan fingerprint density at radius 2 is 1.71 bits per heavy atom. The highest BCUT2D eigenvalue weighted by Crippen LogP contribution is 2.49. The number of para-hydroxylation sites is 1. The Bertz CT molecular complexity index is 1050. The van der Waals surface area contributed by atoms with Gasteiger partial charge < -0.3 is 15.5 Å². The molecule has 0 bridgehead atoms. The highest BCUT2D eigenvalue weighted by molar-refractivity contribution is 5.96. The topological polar surface area (TPSA) is 63.9 Å². The summed E-state index contributed by atoms with van der Waals surface area (Å²) >= 11 is 0. The van der Waals surface area contributed by atoms with Crippen molar-refractivity contribution >= 4 is 16.6 Å². The van der Waals surface area contributed by atoms with Crippen molar-refractivity contribution < 1.29 is 4.74 Å². The first-order valence-corrected chi connectivity index (χ1v) is 7.91. The lowest BCUT2D eigenvalue weighted by atomic mass is 9.84. The van der Waals surface area contributed by atoms with Gasteiger partial charge >= 0.3 is 0 Å². The smallest absolute Gasteiger partial charge is 0.226 e. The fourth-order valence-corrected chi connectivity index (χ4v) is 3.56. The van der Waals surface area contributed by atoms with Gasteiger partial charge in [0.25, 0.3) is 0 Å². The number of nitrogens with one attached hydrogen (secondary N) is 1. The van der Waals surface area contributed by atoms with E-state index in [9.17, 15) is 0 Å². The van der Waals surface area contributed by atoms with Gasteiger partial charge in [-0.25, -0.2) is 0 Å². The van der Waals surface area contributed by atoms with Gasteiger partial charge in [0.15, 0.2) is 0 Å². The van der Waals surface area contributed by atoms with Crippen molar-refractivity contribution in [3.8, 4) is 11.6 Å². The number of aromatic nitrogens is 2. The molecular weight excluding hydrogens is 298 g/mol. The van der Waals surface area contributed by atoms with Crippen LogP contribution in [0.25, 0.3) is 10.8 Å². The summed E-state index contributed by atoms with van der Waals surface area (Å²) in [4.78, 5) is 7.90. The van der Waals surface area contributed by atoms with Gasteiger partial charge in [-0.2, -0.15) is 4.98 Å². The van der Waals surface area contributed by atoms with Gasteiger partial charge in [0.1, 0.15) is 11.6 Å². The lowest BCUT2D eigenvalue weighted by molar-refractivity contribution is 0.436. The van der Waals surface area contributed by atoms with Crippen LogP contribution in [0.3, 0.4) is 0 Å². The van der Waals surface area contributed by atoms with Crippen LogP contribution in [-0.4, -0.2) is 9.97 Å². The normalized spacial score (nSPS) is 15.6. The van der Waals surface area contributed by atoms with Gasteiger partial charge in [-0.15, -0.1) is 0 Å². The van der Waals surface area contributed by atoms with E-state index in [0.29, 0.717) is 11.7 Å². The van der Waals surface area contributed by atoms with E-state index in [1.54, 1.807) is 0 Å². The zero-order valence-electron chi connectivity index (χ0n) is 12.9. The van der Waals surface area contributed by atoms with Crippen LogP contribution in [0.4, 0.5) is 5.82 Å². The second-order valence-corrected chi connectivity index (χ2v) is 5.96. The predicted molar refractivity (Wildman–Crippen MR) is 94.4 cm³/mol. The third-order valence-corrected chi connectivity index (χ3v) is 4.60. The summed E-state index contributed by atoms with van der Waals surface area (Å²) in [7, 11) is 0. The van der Waals surface area contributed by atoms with Crippen LogP contribution >= 0.6 is 0 Å². The molecule has 1 unspecified atom stereocenters. The van der Waals surface area contributed by atoms with Crippen LogP contribution in [-0.2, 0) is 0 Å². The second-order valence-electron chi connectivity index (χ2n) is 5.96. The van der Waals surface area contributed by atoms with Crippen molar-refractivity contribution in [2.24, 2.45) is 0 Å². The van der Waals surface area contributed by atoms with Crippen molar-refractivity contribution in [2.75, 3.05) is 5.73 Å². The molecule has 1 aliphatic rings. The summed E-state index contributed by atoms with van der Waals surface area (Å²) in [6, 6.07) is 20.3. The average molecular weight is 313 g/mol. The molecule has 0 amide bonds.